The molecule has 90 valence electrons. The molecule has 0 saturated carbocycles. The second kappa shape index (κ2) is 4.39. The van der Waals surface area contributed by atoms with Crippen LogP contribution in [0.5, 0.6) is 0 Å². The van der Waals surface area contributed by atoms with E-state index in [1.165, 1.54) is 6.07 Å². The SMILES string of the molecule is NCc1ccc(P(=O)(O)O)cc1P(=O)(O)O. The molecule has 0 aliphatic rings. The summed E-state index contributed by atoms with van der Waals surface area (Å²) in [5.74, 6) is 0. The van der Waals surface area contributed by atoms with Gasteiger partial charge in [-0.05, 0) is 17.7 Å². The normalized spacial score (nSPS) is 12.8. The lowest BCUT2D eigenvalue weighted by molar-refractivity contribution is 0.386. The summed E-state index contributed by atoms with van der Waals surface area (Å²) in [6.45, 7) is -0.123. The topological polar surface area (TPSA) is 141 Å². The van der Waals surface area contributed by atoms with Crippen LogP contribution in [0.15, 0.2) is 18.2 Å². The molecule has 6 N–H and O–H groups in total. The molecule has 0 radical (unpaired) electrons. The molecule has 0 bridgehead atoms. The summed E-state index contributed by atoms with van der Waals surface area (Å²) >= 11 is 0. The van der Waals surface area contributed by atoms with Crippen molar-refractivity contribution in [3.8, 4) is 0 Å². The van der Waals surface area contributed by atoms with E-state index >= 15 is 0 Å². The molecule has 0 amide bonds. The van der Waals surface area contributed by atoms with Gasteiger partial charge < -0.3 is 25.3 Å². The molecule has 0 fully saturated rings. The van der Waals surface area contributed by atoms with Crippen molar-refractivity contribution in [1.82, 2.24) is 0 Å². The van der Waals surface area contributed by atoms with Crippen molar-refractivity contribution in [2.75, 3.05) is 0 Å². The van der Waals surface area contributed by atoms with Crippen LogP contribution in [0.25, 0.3) is 0 Å². The largest absolute Gasteiger partial charge is 0.356 e. The minimum atomic E-state index is -4.59. The molecule has 1 rings (SSSR count). The highest BCUT2D eigenvalue weighted by Crippen LogP contribution is 2.38. The zero-order valence-electron chi connectivity index (χ0n) is 8.02. The first-order valence-electron chi connectivity index (χ1n) is 4.11. The second-order valence-electron chi connectivity index (χ2n) is 3.11. The third-order valence-corrected chi connectivity index (χ3v) is 3.93. The number of hydrogen-bond donors (Lipinski definition) is 5. The lowest BCUT2D eigenvalue weighted by Crippen LogP contribution is -2.20. The number of nitrogens with two attached hydrogens (primary N) is 1. The minimum absolute atomic E-state index is 0.123. The molecular weight excluding hydrogens is 256 g/mol. The van der Waals surface area contributed by atoms with E-state index in [1.54, 1.807) is 0 Å². The summed E-state index contributed by atoms with van der Waals surface area (Å²) in [6, 6.07) is 3.09. The predicted molar refractivity (Wildman–Crippen MR) is 57.7 cm³/mol. The van der Waals surface area contributed by atoms with Crippen LogP contribution in [-0.2, 0) is 15.7 Å². The van der Waals surface area contributed by atoms with Crippen LogP contribution in [-0.4, -0.2) is 19.6 Å². The molecule has 0 unspecified atom stereocenters. The molecule has 0 aliphatic heterocycles. The van der Waals surface area contributed by atoms with E-state index in [2.05, 4.69) is 0 Å². The van der Waals surface area contributed by atoms with E-state index in [0.29, 0.717) is 0 Å². The van der Waals surface area contributed by atoms with Crippen LogP contribution in [0.2, 0.25) is 0 Å². The lowest BCUT2D eigenvalue weighted by atomic mass is 10.2. The Morgan fingerprint density at radius 3 is 2.00 bits per heavy atom. The Morgan fingerprint density at radius 2 is 1.62 bits per heavy atom. The van der Waals surface area contributed by atoms with Gasteiger partial charge >= 0.3 is 15.2 Å². The molecule has 16 heavy (non-hydrogen) atoms. The average molecular weight is 267 g/mol. The maximum Gasteiger partial charge on any atom is 0.356 e. The van der Waals surface area contributed by atoms with Crippen molar-refractivity contribution >= 4 is 25.8 Å². The molecule has 0 saturated heterocycles. The summed E-state index contributed by atoms with van der Waals surface area (Å²) in [5.41, 5.74) is 5.43. The number of hydrogen-bond acceptors (Lipinski definition) is 3. The van der Waals surface area contributed by atoms with Gasteiger partial charge in [0.25, 0.3) is 0 Å². The molecule has 0 heterocycles. The van der Waals surface area contributed by atoms with Gasteiger partial charge in [-0.15, -0.1) is 0 Å². The third-order valence-electron chi connectivity index (χ3n) is 1.94. The van der Waals surface area contributed by atoms with Crippen molar-refractivity contribution < 1.29 is 28.7 Å². The smallest absolute Gasteiger partial charge is 0.326 e. The second-order valence-corrected chi connectivity index (χ2v) is 6.28. The molecule has 7 nitrogen and oxygen atoms in total. The van der Waals surface area contributed by atoms with Crippen LogP contribution in [0.1, 0.15) is 5.56 Å². The van der Waals surface area contributed by atoms with Gasteiger partial charge in [0.05, 0.1) is 10.6 Å². The van der Waals surface area contributed by atoms with E-state index in [-0.39, 0.29) is 12.1 Å². The molecule has 0 aromatic heterocycles. The van der Waals surface area contributed by atoms with Crippen molar-refractivity contribution in [3.63, 3.8) is 0 Å². The monoisotopic (exact) mass is 267 g/mol. The first-order chi connectivity index (χ1) is 7.16. The summed E-state index contributed by atoms with van der Waals surface area (Å²) in [6.07, 6.45) is 0. The molecule has 0 spiro atoms. The Morgan fingerprint density at radius 1 is 1.06 bits per heavy atom. The highest BCUT2D eigenvalue weighted by Gasteiger charge is 2.25. The van der Waals surface area contributed by atoms with E-state index in [9.17, 15) is 9.13 Å². The Hall–Kier alpha value is -0.520. The zero-order valence-corrected chi connectivity index (χ0v) is 9.81. The fourth-order valence-electron chi connectivity index (χ4n) is 1.18. The van der Waals surface area contributed by atoms with Gasteiger partial charge in [-0.25, -0.2) is 0 Å². The van der Waals surface area contributed by atoms with Crippen molar-refractivity contribution in [1.29, 1.82) is 0 Å². The first-order valence-corrected chi connectivity index (χ1v) is 7.34. The van der Waals surface area contributed by atoms with Crippen molar-refractivity contribution in [2.24, 2.45) is 5.73 Å². The van der Waals surface area contributed by atoms with E-state index in [1.807, 2.05) is 0 Å². The Labute approximate surface area is 91.2 Å². The van der Waals surface area contributed by atoms with E-state index in [0.717, 1.165) is 12.1 Å². The quantitative estimate of drug-likeness (QED) is 0.431. The minimum Gasteiger partial charge on any atom is -0.326 e. The lowest BCUT2D eigenvalue weighted by Gasteiger charge is -2.12. The van der Waals surface area contributed by atoms with Crippen LogP contribution in [0, 0.1) is 0 Å². The van der Waals surface area contributed by atoms with Crippen molar-refractivity contribution in [3.05, 3.63) is 23.8 Å². The van der Waals surface area contributed by atoms with E-state index < -0.39 is 25.8 Å². The zero-order chi connectivity index (χ0) is 12.6. The molecule has 0 atom stereocenters. The third kappa shape index (κ3) is 2.99. The average Bonchev–Trinajstić information content (AvgIpc) is 2.14. The molecular formula is C7H11NO6P2. The molecule has 1 aromatic rings. The van der Waals surface area contributed by atoms with Gasteiger partial charge in [-0.1, -0.05) is 6.07 Å². The molecule has 9 heteroatoms. The number of rotatable bonds is 3. The molecule has 0 aliphatic carbocycles. The Kier molecular flexibility index (Phi) is 3.72. The van der Waals surface area contributed by atoms with Gasteiger partial charge in [0.2, 0.25) is 0 Å². The van der Waals surface area contributed by atoms with Gasteiger partial charge in [0.15, 0.2) is 0 Å². The Balaban J connectivity index is 3.45. The maximum atomic E-state index is 11.1. The highest BCUT2D eigenvalue weighted by molar-refractivity contribution is 7.62. The maximum absolute atomic E-state index is 11.1. The molecule has 1 aromatic carbocycles. The fourth-order valence-corrected chi connectivity index (χ4v) is 2.69. The van der Waals surface area contributed by atoms with E-state index in [4.69, 9.17) is 25.3 Å². The van der Waals surface area contributed by atoms with Crippen LogP contribution >= 0.6 is 15.2 Å². The number of benzene rings is 1. The van der Waals surface area contributed by atoms with Crippen molar-refractivity contribution in [2.45, 2.75) is 6.54 Å². The first kappa shape index (κ1) is 13.5. The van der Waals surface area contributed by atoms with Crippen LogP contribution < -0.4 is 16.3 Å². The van der Waals surface area contributed by atoms with Gasteiger partial charge in [-0.2, -0.15) is 0 Å². The summed E-state index contributed by atoms with van der Waals surface area (Å²) in [4.78, 5) is 35.7. The Bertz CT molecular complexity index is 490. The predicted octanol–water partition coefficient (Wildman–Crippen LogP) is -1.25. The summed E-state index contributed by atoms with van der Waals surface area (Å²) < 4.78 is 22.0. The summed E-state index contributed by atoms with van der Waals surface area (Å²) in [7, 11) is -9.12. The van der Waals surface area contributed by atoms with Gasteiger partial charge in [-0.3, -0.25) is 9.13 Å². The van der Waals surface area contributed by atoms with Crippen LogP contribution in [0.3, 0.4) is 0 Å². The van der Waals surface area contributed by atoms with Crippen LogP contribution in [0.4, 0.5) is 0 Å². The van der Waals surface area contributed by atoms with Gasteiger partial charge in [0, 0.05) is 6.54 Å². The summed E-state index contributed by atoms with van der Waals surface area (Å²) in [5, 5.41) is -0.890. The standard InChI is InChI=1S/C7H11NO6P2/c8-4-5-1-2-6(15(9,10)11)3-7(5)16(12,13)14/h1-3H,4,8H2,(H2,9,10,11)(H2,12,13,14). The fraction of sp³-hybridized carbons (Fsp3) is 0.143. The van der Waals surface area contributed by atoms with Gasteiger partial charge in [0.1, 0.15) is 0 Å². The highest BCUT2D eigenvalue weighted by atomic mass is 31.2.